The van der Waals surface area contributed by atoms with Crippen molar-refractivity contribution in [2.45, 2.75) is 12.8 Å². The van der Waals surface area contributed by atoms with Gasteiger partial charge in [-0.2, -0.15) is 0 Å². The third-order valence-corrected chi connectivity index (χ3v) is 2.53. The van der Waals surface area contributed by atoms with Crippen molar-refractivity contribution in [1.29, 1.82) is 0 Å². The van der Waals surface area contributed by atoms with E-state index >= 15 is 0 Å². The van der Waals surface area contributed by atoms with Crippen LogP contribution in [0.1, 0.15) is 17.3 Å². The van der Waals surface area contributed by atoms with Crippen molar-refractivity contribution < 1.29 is 4.42 Å². The quantitative estimate of drug-likeness (QED) is 0.790. The summed E-state index contributed by atoms with van der Waals surface area (Å²) in [4.78, 5) is 0. The highest BCUT2D eigenvalue weighted by atomic mass is 35.5. The number of nitrogens with zero attached hydrogens (tertiary/aromatic N) is 2. The van der Waals surface area contributed by atoms with Crippen molar-refractivity contribution in [2.24, 2.45) is 0 Å². The Morgan fingerprint density at radius 3 is 2.44 bits per heavy atom. The van der Waals surface area contributed by atoms with E-state index in [2.05, 4.69) is 10.2 Å². The third-order valence-electron chi connectivity index (χ3n) is 2.09. The zero-order chi connectivity index (χ0) is 11.4. The van der Waals surface area contributed by atoms with Gasteiger partial charge in [-0.25, -0.2) is 0 Å². The number of aryl methyl sites for hydroxylation is 1. The second-order valence-electron chi connectivity index (χ2n) is 3.33. The van der Waals surface area contributed by atoms with Crippen LogP contribution in [0.5, 0.6) is 0 Å². The zero-order valence-electron chi connectivity index (χ0n) is 8.49. The smallest absolute Gasteiger partial charge is 0.220 e. The van der Waals surface area contributed by atoms with Gasteiger partial charge in [-0.3, -0.25) is 0 Å². The van der Waals surface area contributed by atoms with Gasteiger partial charge in [0.05, 0.1) is 6.42 Å². The van der Waals surface area contributed by atoms with Gasteiger partial charge in [-0.05, 0) is 17.7 Å². The van der Waals surface area contributed by atoms with E-state index in [9.17, 15) is 0 Å². The predicted octanol–water partition coefficient (Wildman–Crippen LogP) is 3.10. The lowest BCUT2D eigenvalue weighted by Crippen LogP contribution is -1.87. The summed E-state index contributed by atoms with van der Waals surface area (Å²) in [5, 5.41) is 8.56. The molecule has 16 heavy (non-hydrogen) atoms. The Balaban J connectivity index is 2.05. The van der Waals surface area contributed by atoms with Crippen LogP contribution in [0.25, 0.3) is 0 Å². The number of hydrogen-bond acceptors (Lipinski definition) is 3. The summed E-state index contributed by atoms with van der Waals surface area (Å²) in [5.74, 6) is 1.67. The molecule has 0 N–H and O–H groups in total. The van der Waals surface area contributed by atoms with Crippen LogP contribution in [-0.2, 0) is 12.8 Å². The molecule has 0 aliphatic carbocycles. The first kappa shape index (κ1) is 11.4. The van der Waals surface area contributed by atoms with Gasteiger partial charge in [0, 0.05) is 17.3 Å². The van der Waals surface area contributed by atoms with Crippen molar-refractivity contribution >= 4 is 23.2 Å². The molecule has 0 spiro atoms. The maximum absolute atomic E-state index is 5.79. The highest BCUT2D eigenvalue weighted by Gasteiger charge is 2.06. The molecule has 0 radical (unpaired) electrons. The van der Waals surface area contributed by atoms with E-state index in [-0.39, 0.29) is 0 Å². The molecule has 84 valence electrons. The number of halogens is 2. The maximum atomic E-state index is 5.79. The Kier molecular flexibility index (Phi) is 3.80. The van der Waals surface area contributed by atoms with Crippen LogP contribution in [0.15, 0.2) is 28.7 Å². The van der Waals surface area contributed by atoms with E-state index in [1.165, 1.54) is 0 Å². The molecule has 1 aromatic carbocycles. The molecule has 0 aliphatic heterocycles. The fraction of sp³-hybridized carbons (Fsp3) is 0.273. The minimum atomic E-state index is 0.489. The van der Waals surface area contributed by atoms with Gasteiger partial charge < -0.3 is 4.42 Å². The van der Waals surface area contributed by atoms with Crippen LogP contribution >= 0.6 is 23.2 Å². The van der Waals surface area contributed by atoms with Crippen molar-refractivity contribution in [1.82, 2.24) is 10.2 Å². The van der Waals surface area contributed by atoms with Gasteiger partial charge in [0.15, 0.2) is 0 Å². The summed E-state index contributed by atoms with van der Waals surface area (Å²) >= 11 is 11.4. The van der Waals surface area contributed by atoms with Crippen LogP contribution < -0.4 is 0 Å². The highest BCUT2D eigenvalue weighted by molar-refractivity contribution is 6.30. The van der Waals surface area contributed by atoms with Gasteiger partial charge >= 0.3 is 0 Å². The molecule has 0 aliphatic rings. The average Bonchev–Trinajstić information content (AvgIpc) is 2.70. The zero-order valence-corrected chi connectivity index (χ0v) is 10.0. The van der Waals surface area contributed by atoms with Gasteiger partial charge in [0.2, 0.25) is 11.8 Å². The monoisotopic (exact) mass is 256 g/mol. The predicted molar refractivity (Wildman–Crippen MR) is 63.0 cm³/mol. The normalized spacial score (nSPS) is 10.6. The summed E-state index contributed by atoms with van der Waals surface area (Å²) < 4.78 is 5.42. The second kappa shape index (κ2) is 5.32. The van der Waals surface area contributed by atoms with E-state index in [1.54, 1.807) is 0 Å². The first-order chi connectivity index (χ1) is 7.78. The van der Waals surface area contributed by atoms with Crippen LogP contribution in [0, 0.1) is 0 Å². The number of alkyl halides is 1. The van der Waals surface area contributed by atoms with Crippen LogP contribution in [0.2, 0.25) is 5.02 Å². The average molecular weight is 257 g/mol. The minimum absolute atomic E-state index is 0.489. The number of benzene rings is 1. The summed E-state index contributed by atoms with van der Waals surface area (Å²) in [5.41, 5.74) is 1.09. The van der Waals surface area contributed by atoms with Gasteiger partial charge in [-0.1, -0.05) is 23.7 Å². The van der Waals surface area contributed by atoms with Gasteiger partial charge in [0.25, 0.3) is 0 Å². The first-order valence-electron chi connectivity index (χ1n) is 4.89. The van der Waals surface area contributed by atoms with E-state index in [0.29, 0.717) is 30.5 Å². The molecule has 5 heteroatoms. The third kappa shape index (κ3) is 2.97. The molecular formula is C11H10Cl2N2O. The SMILES string of the molecule is ClCCc1nnc(Cc2ccc(Cl)cc2)o1. The van der Waals surface area contributed by atoms with Crippen molar-refractivity contribution in [2.75, 3.05) is 5.88 Å². The van der Waals surface area contributed by atoms with E-state index in [1.807, 2.05) is 24.3 Å². The largest absolute Gasteiger partial charge is 0.425 e. The first-order valence-corrected chi connectivity index (χ1v) is 5.81. The van der Waals surface area contributed by atoms with Crippen LogP contribution in [0.3, 0.4) is 0 Å². The number of rotatable bonds is 4. The number of aromatic nitrogens is 2. The van der Waals surface area contributed by atoms with E-state index < -0.39 is 0 Å². The van der Waals surface area contributed by atoms with Crippen molar-refractivity contribution in [3.63, 3.8) is 0 Å². The molecule has 0 saturated heterocycles. The molecule has 2 aromatic rings. The molecule has 1 heterocycles. The molecule has 1 aromatic heterocycles. The molecular weight excluding hydrogens is 247 g/mol. The lowest BCUT2D eigenvalue weighted by Gasteiger charge is -1.96. The summed E-state index contributed by atoms with van der Waals surface area (Å²) in [6.45, 7) is 0. The van der Waals surface area contributed by atoms with Gasteiger partial charge in [-0.15, -0.1) is 21.8 Å². The Morgan fingerprint density at radius 2 is 1.75 bits per heavy atom. The fourth-order valence-corrected chi connectivity index (χ4v) is 1.61. The molecule has 0 bridgehead atoms. The molecule has 2 rings (SSSR count). The Hall–Kier alpha value is -1.06. The summed E-state index contributed by atoms with van der Waals surface area (Å²) in [7, 11) is 0. The Labute approximate surface area is 103 Å². The highest BCUT2D eigenvalue weighted by Crippen LogP contribution is 2.13. The molecule has 0 atom stereocenters. The Morgan fingerprint density at radius 1 is 1.06 bits per heavy atom. The molecule has 0 fully saturated rings. The Bertz CT molecular complexity index is 453. The standard InChI is InChI=1S/C11H10Cl2N2O/c12-6-5-10-14-15-11(16-10)7-8-1-3-9(13)4-2-8/h1-4H,5-7H2. The van der Waals surface area contributed by atoms with E-state index in [0.717, 1.165) is 10.6 Å². The lowest BCUT2D eigenvalue weighted by molar-refractivity contribution is 0.463. The van der Waals surface area contributed by atoms with Gasteiger partial charge in [0.1, 0.15) is 0 Å². The lowest BCUT2D eigenvalue weighted by atomic mass is 10.1. The number of hydrogen-bond donors (Lipinski definition) is 0. The van der Waals surface area contributed by atoms with Crippen molar-refractivity contribution in [3.8, 4) is 0 Å². The summed E-state index contributed by atoms with van der Waals surface area (Å²) in [6, 6.07) is 7.56. The molecule has 3 nitrogen and oxygen atoms in total. The molecule has 0 unspecified atom stereocenters. The van der Waals surface area contributed by atoms with Crippen LogP contribution in [0.4, 0.5) is 0 Å². The summed E-state index contributed by atoms with van der Waals surface area (Å²) in [6.07, 6.45) is 1.22. The topological polar surface area (TPSA) is 38.9 Å². The molecule has 0 amide bonds. The van der Waals surface area contributed by atoms with Crippen LogP contribution in [-0.4, -0.2) is 16.1 Å². The second-order valence-corrected chi connectivity index (χ2v) is 4.15. The van der Waals surface area contributed by atoms with E-state index in [4.69, 9.17) is 27.6 Å². The van der Waals surface area contributed by atoms with Crippen molar-refractivity contribution in [3.05, 3.63) is 46.6 Å². The minimum Gasteiger partial charge on any atom is -0.425 e. The fourth-order valence-electron chi connectivity index (χ4n) is 1.32. The maximum Gasteiger partial charge on any atom is 0.220 e. The molecule has 0 saturated carbocycles.